The molecule has 0 bridgehead atoms. The van der Waals surface area contributed by atoms with Gasteiger partial charge < -0.3 is 14.4 Å². The topological polar surface area (TPSA) is 76.2 Å². The van der Waals surface area contributed by atoms with E-state index in [1.165, 1.54) is 19.2 Å². The molecule has 1 saturated heterocycles. The lowest BCUT2D eigenvalue weighted by atomic mass is 10.2. The van der Waals surface area contributed by atoms with E-state index in [1.54, 1.807) is 29.2 Å². The number of carbonyl (C=O) groups is 1. The van der Waals surface area contributed by atoms with Gasteiger partial charge in [-0.2, -0.15) is 0 Å². The first kappa shape index (κ1) is 20.2. The summed E-state index contributed by atoms with van der Waals surface area (Å²) in [5, 5.41) is 0. The third-order valence-corrected chi connectivity index (χ3v) is 6.40. The van der Waals surface area contributed by atoms with Crippen molar-refractivity contribution in [3.63, 3.8) is 0 Å². The molecule has 0 N–H and O–H groups in total. The summed E-state index contributed by atoms with van der Waals surface area (Å²) in [6.07, 6.45) is 0. The van der Waals surface area contributed by atoms with Crippen molar-refractivity contribution in [2.75, 3.05) is 44.3 Å². The van der Waals surface area contributed by atoms with E-state index in [0.717, 1.165) is 9.87 Å². The van der Waals surface area contributed by atoms with Crippen LogP contribution in [0.2, 0.25) is 0 Å². The van der Waals surface area contributed by atoms with E-state index in [2.05, 4.69) is 0 Å². The Labute approximate surface area is 165 Å². The van der Waals surface area contributed by atoms with Crippen LogP contribution in [-0.2, 0) is 19.6 Å². The number of hydrogen-bond acceptors (Lipinski definition) is 5. The molecule has 0 aromatic heterocycles. The Morgan fingerprint density at radius 3 is 2.25 bits per heavy atom. The van der Waals surface area contributed by atoms with Crippen LogP contribution in [-0.4, -0.2) is 59.2 Å². The molecule has 7 nitrogen and oxygen atoms in total. The Morgan fingerprint density at radius 1 is 1.07 bits per heavy atom. The Morgan fingerprint density at radius 2 is 1.68 bits per heavy atom. The number of ether oxygens (including phenoxy) is 2. The van der Waals surface area contributed by atoms with Crippen LogP contribution in [0.15, 0.2) is 53.4 Å². The maximum Gasteiger partial charge on any atom is 0.264 e. The highest BCUT2D eigenvalue weighted by atomic mass is 32.2. The molecular weight excluding hydrogens is 380 g/mol. The fourth-order valence-corrected chi connectivity index (χ4v) is 4.35. The van der Waals surface area contributed by atoms with Crippen LogP contribution in [0.4, 0.5) is 5.69 Å². The van der Waals surface area contributed by atoms with Crippen molar-refractivity contribution < 1.29 is 22.7 Å². The molecular formula is C20H24N2O5S. The molecule has 1 heterocycles. The zero-order valence-electron chi connectivity index (χ0n) is 16.0. The van der Waals surface area contributed by atoms with Crippen LogP contribution < -0.4 is 9.04 Å². The summed E-state index contributed by atoms with van der Waals surface area (Å²) in [5.74, 6) is 0.311. The number of benzene rings is 2. The van der Waals surface area contributed by atoms with E-state index in [1.807, 2.05) is 19.1 Å². The summed E-state index contributed by atoms with van der Waals surface area (Å²) in [6, 6.07) is 13.2. The van der Waals surface area contributed by atoms with Crippen molar-refractivity contribution in [3.05, 3.63) is 54.1 Å². The lowest BCUT2D eigenvalue weighted by Gasteiger charge is -2.30. The third-order valence-electron chi connectivity index (χ3n) is 4.61. The zero-order valence-corrected chi connectivity index (χ0v) is 16.8. The van der Waals surface area contributed by atoms with E-state index in [0.29, 0.717) is 37.7 Å². The molecule has 1 fully saturated rings. The van der Waals surface area contributed by atoms with Gasteiger partial charge in [0.2, 0.25) is 5.91 Å². The monoisotopic (exact) mass is 404 g/mol. The largest absolute Gasteiger partial charge is 0.497 e. The van der Waals surface area contributed by atoms with Gasteiger partial charge in [0.1, 0.15) is 12.3 Å². The molecule has 0 saturated carbocycles. The molecule has 1 aliphatic rings. The summed E-state index contributed by atoms with van der Waals surface area (Å²) in [6.45, 7) is 3.50. The Bertz CT molecular complexity index is 905. The van der Waals surface area contributed by atoms with Gasteiger partial charge in [-0.05, 0) is 43.3 Å². The van der Waals surface area contributed by atoms with Gasteiger partial charge in [0.25, 0.3) is 10.0 Å². The SMILES string of the molecule is COc1ccc(S(=O)(=O)N(CC(=O)N2CCOCC2)c2ccc(C)cc2)cc1. The molecule has 0 aliphatic carbocycles. The second-order valence-corrected chi connectivity index (χ2v) is 8.38. The zero-order chi connectivity index (χ0) is 20.1. The van der Waals surface area contributed by atoms with Gasteiger partial charge in [0, 0.05) is 13.1 Å². The highest BCUT2D eigenvalue weighted by Gasteiger charge is 2.29. The minimum Gasteiger partial charge on any atom is -0.497 e. The highest BCUT2D eigenvalue weighted by molar-refractivity contribution is 7.92. The van der Waals surface area contributed by atoms with Crippen molar-refractivity contribution in [1.29, 1.82) is 0 Å². The van der Waals surface area contributed by atoms with Gasteiger partial charge in [-0.25, -0.2) is 8.42 Å². The van der Waals surface area contributed by atoms with Crippen LogP contribution in [0.3, 0.4) is 0 Å². The number of morpholine rings is 1. The molecule has 3 rings (SSSR count). The third kappa shape index (κ3) is 4.45. The molecule has 1 aliphatic heterocycles. The molecule has 8 heteroatoms. The van der Waals surface area contributed by atoms with Crippen LogP contribution >= 0.6 is 0 Å². The molecule has 2 aromatic carbocycles. The summed E-state index contributed by atoms with van der Waals surface area (Å²) in [4.78, 5) is 14.5. The van der Waals surface area contributed by atoms with Crippen molar-refractivity contribution in [2.45, 2.75) is 11.8 Å². The highest BCUT2D eigenvalue weighted by Crippen LogP contribution is 2.25. The van der Waals surface area contributed by atoms with E-state index >= 15 is 0 Å². The number of carbonyl (C=O) groups excluding carboxylic acids is 1. The number of aryl methyl sites for hydroxylation is 1. The lowest BCUT2D eigenvalue weighted by molar-refractivity contribution is -0.133. The Hall–Kier alpha value is -2.58. The molecule has 28 heavy (non-hydrogen) atoms. The standard InChI is InChI=1S/C20H24N2O5S/c1-16-3-5-17(6-4-16)22(15-20(23)21-11-13-27-14-12-21)28(24,25)19-9-7-18(26-2)8-10-19/h3-10H,11-15H2,1-2H3. The fraction of sp³-hybridized carbons (Fsp3) is 0.350. The van der Waals surface area contributed by atoms with Gasteiger partial charge in [0.15, 0.2) is 0 Å². The van der Waals surface area contributed by atoms with Crippen LogP contribution in [0, 0.1) is 6.92 Å². The number of methoxy groups -OCH3 is 1. The number of anilines is 1. The van der Waals surface area contributed by atoms with Crippen LogP contribution in [0.25, 0.3) is 0 Å². The number of amides is 1. The van der Waals surface area contributed by atoms with Crippen molar-refractivity contribution >= 4 is 21.6 Å². The van der Waals surface area contributed by atoms with E-state index < -0.39 is 10.0 Å². The maximum absolute atomic E-state index is 13.3. The minimum atomic E-state index is -3.93. The number of hydrogen-bond donors (Lipinski definition) is 0. The Kier molecular flexibility index (Phi) is 6.21. The normalized spacial score (nSPS) is 14.6. The van der Waals surface area contributed by atoms with Crippen LogP contribution in [0.5, 0.6) is 5.75 Å². The van der Waals surface area contributed by atoms with E-state index in [9.17, 15) is 13.2 Å². The summed E-state index contributed by atoms with van der Waals surface area (Å²) >= 11 is 0. The van der Waals surface area contributed by atoms with Gasteiger partial charge >= 0.3 is 0 Å². The molecule has 0 spiro atoms. The smallest absolute Gasteiger partial charge is 0.264 e. The second-order valence-electron chi connectivity index (χ2n) is 6.52. The summed E-state index contributed by atoms with van der Waals surface area (Å²) in [7, 11) is -2.41. The number of rotatable bonds is 6. The predicted octanol–water partition coefficient (Wildman–Crippen LogP) is 2.06. The quantitative estimate of drug-likeness (QED) is 0.737. The van der Waals surface area contributed by atoms with E-state index in [4.69, 9.17) is 9.47 Å². The first-order chi connectivity index (χ1) is 13.4. The number of nitrogens with zero attached hydrogens (tertiary/aromatic N) is 2. The minimum absolute atomic E-state index is 0.101. The fourth-order valence-electron chi connectivity index (χ4n) is 2.94. The average Bonchev–Trinajstić information content (AvgIpc) is 2.73. The summed E-state index contributed by atoms with van der Waals surface area (Å²) in [5.41, 5.74) is 1.45. The number of sulfonamides is 1. The first-order valence-electron chi connectivity index (χ1n) is 9.01. The lowest BCUT2D eigenvalue weighted by Crippen LogP contribution is -2.47. The van der Waals surface area contributed by atoms with Gasteiger partial charge in [-0.15, -0.1) is 0 Å². The molecule has 150 valence electrons. The second kappa shape index (κ2) is 8.62. The van der Waals surface area contributed by atoms with Gasteiger partial charge in [-0.3, -0.25) is 9.10 Å². The molecule has 2 aromatic rings. The van der Waals surface area contributed by atoms with Gasteiger partial charge in [-0.1, -0.05) is 17.7 Å². The van der Waals surface area contributed by atoms with E-state index in [-0.39, 0.29) is 17.3 Å². The predicted molar refractivity (Wildman–Crippen MR) is 106 cm³/mol. The van der Waals surface area contributed by atoms with Crippen molar-refractivity contribution in [3.8, 4) is 5.75 Å². The van der Waals surface area contributed by atoms with Crippen molar-refractivity contribution in [2.24, 2.45) is 0 Å². The first-order valence-corrected chi connectivity index (χ1v) is 10.4. The molecule has 1 amide bonds. The maximum atomic E-state index is 13.3. The average molecular weight is 404 g/mol. The van der Waals surface area contributed by atoms with Crippen molar-refractivity contribution in [1.82, 2.24) is 4.90 Å². The summed E-state index contributed by atoms with van der Waals surface area (Å²) < 4.78 is 38.2. The van der Waals surface area contributed by atoms with Gasteiger partial charge in [0.05, 0.1) is 30.9 Å². The molecule has 0 radical (unpaired) electrons. The molecule has 0 unspecified atom stereocenters. The molecule has 0 atom stereocenters. The Balaban J connectivity index is 1.94. The van der Waals surface area contributed by atoms with Crippen LogP contribution in [0.1, 0.15) is 5.56 Å².